The Morgan fingerprint density at radius 3 is 2.79 bits per heavy atom. The summed E-state index contributed by atoms with van der Waals surface area (Å²) in [6.45, 7) is 0.506. The van der Waals surface area contributed by atoms with E-state index in [1.807, 2.05) is 28.8 Å². The van der Waals surface area contributed by atoms with Gasteiger partial charge in [-0.1, -0.05) is 29.8 Å². The maximum Gasteiger partial charge on any atom is 0.201 e. The monoisotopic (exact) mass is 275 g/mol. The van der Waals surface area contributed by atoms with Gasteiger partial charge in [-0.2, -0.15) is 0 Å². The lowest BCUT2D eigenvalue weighted by molar-refractivity contribution is 0.627. The lowest BCUT2D eigenvalue weighted by atomic mass is 10.2. The van der Waals surface area contributed by atoms with E-state index in [9.17, 15) is 4.39 Å². The zero-order chi connectivity index (χ0) is 13.4. The molecular weight excluding hydrogens is 265 g/mol. The Morgan fingerprint density at radius 1 is 1.21 bits per heavy atom. The molecule has 0 saturated heterocycles. The first-order valence-electron chi connectivity index (χ1n) is 5.80. The van der Waals surface area contributed by atoms with Crippen molar-refractivity contribution in [2.45, 2.75) is 6.54 Å². The summed E-state index contributed by atoms with van der Waals surface area (Å²) in [5.74, 6) is 0.00975. The first kappa shape index (κ1) is 12.0. The first-order chi connectivity index (χ1) is 9.15. The van der Waals surface area contributed by atoms with E-state index < -0.39 is 5.82 Å². The molecule has 0 amide bonds. The van der Waals surface area contributed by atoms with Crippen LogP contribution < -0.4 is 5.73 Å². The molecule has 0 radical (unpaired) electrons. The fourth-order valence-electron chi connectivity index (χ4n) is 2.08. The van der Waals surface area contributed by atoms with E-state index in [0.717, 1.165) is 16.6 Å². The zero-order valence-electron chi connectivity index (χ0n) is 9.98. The molecule has 3 nitrogen and oxygen atoms in total. The van der Waals surface area contributed by atoms with Gasteiger partial charge >= 0.3 is 0 Å². The molecule has 0 aliphatic heterocycles. The Bertz CT molecular complexity index is 752. The maximum absolute atomic E-state index is 13.1. The molecule has 0 unspecified atom stereocenters. The highest BCUT2D eigenvalue weighted by molar-refractivity contribution is 6.30. The molecular formula is C14H11ClFN3. The van der Waals surface area contributed by atoms with E-state index in [2.05, 4.69) is 4.98 Å². The second-order valence-electron chi connectivity index (χ2n) is 4.29. The molecule has 0 fully saturated rings. The summed E-state index contributed by atoms with van der Waals surface area (Å²) in [7, 11) is 0. The molecule has 2 aromatic carbocycles. The predicted molar refractivity (Wildman–Crippen MR) is 74.7 cm³/mol. The summed E-state index contributed by atoms with van der Waals surface area (Å²) >= 11 is 5.78. The number of imidazole rings is 1. The van der Waals surface area contributed by atoms with Crippen LogP contribution in [-0.4, -0.2) is 9.55 Å². The van der Waals surface area contributed by atoms with Crippen LogP contribution in [0.15, 0.2) is 42.5 Å². The van der Waals surface area contributed by atoms with E-state index in [1.165, 1.54) is 6.07 Å². The van der Waals surface area contributed by atoms with Crippen LogP contribution in [0.25, 0.3) is 11.0 Å². The Labute approximate surface area is 114 Å². The summed E-state index contributed by atoms with van der Waals surface area (Å²) in [5.41, 5.74) is 8.58. The standard InChI is InChI=1S/C14H11ClFN3/c15-10-7-9(5-6-11(10)16)8-19-13-4-2-1-3-12(13)18-14(19)17/h1-7H,8H2,(H2,17,18). The third kappa shape index (κ3) is 2.15. The molecule has 3 rings (SSSR count). The van der Waals surface area contributed by atoms with Gasteiger partial charge in [0.25, 0.3) is 0 Å². The molecule has 0 aliphatic rings. The van der Waals surface area contributed by atoms with Gasteiger partial charge in [-0.15, -0.1) is 0 Å². The summed E-state index contributed by atoms with van der Waals surface area (Å²) in [5, 5.41) is 0.112. The van der Waals surface area contributed by atoms with Gasteiger partial charge in [-0.25, -0.2) is 9.37 Å². The van der Waals surface area contributed by atoms with Crippen molar-refractivity contribution in [2.75, 3.05) is 5.73 Å². The van der Waals surface area contributed by atoms with Crippen molar-refractivity contribution < 1.29 is 4.39 Å². The molecule has 2 N–H and O–H groups in total. The number of anilines is 1. The summed E-state index contributed by atoms with van der Waals surface area (Å²) in [6, 6.07) is 12.3. The van der Waals surface area contributed by atoms with E-state index in [-0.39, 0.29) is 5.02 Å². The molecule has 0 atom stereocenters. The number of nitrogens with two attached hydrogens (primary N) is 1. The average Bonchev–Trinajstić information content (AvgIpc) is 2.71. The van der Waals surface area contributed by atoms with Gasteiger partial charge in [0.1, 0.15) is 5.82 Å². The molecule has 96 valence electrons. The maximum atomic E-state index is 13.1. The fourth-order valence-corrected chi connectivity index (χ4v) is 2.28. The number of nitrogens with zero attached hydrogens (tertiary/aromatic N) is 2. The van der Waals surface area contributed by atoms with Crippen LogP contribution in [0.3, 0.4) is 0 Å². The largest absolute Gasteiger partial charge is 0.369 e. The lowest BCUT2D eigenvalue weighted by Gasteiger charge is -2.07. The summed E-state index contributed by atoms with van der Waals surface area (Å²) < 4.78 is 15.0. The Kier molecular flexibility index (Phi) is 2.87. The normalized spacial score (nSPS) is 11.1. The Hall–Kier alpha value is -2.07. The quantitative estimate of drug-likeness (QED) is 0.778. The molecule has 3 aromatic rings. The highest BCUT2D eigenvalue weighted by Crippen LogP contribution is 2.21. The van der Waals surface area contributed by atoms with Crippen molar-refractivity contribution in [3.63, 3.8) is 0 Å². The minimum atomic E-state index is -0.422. The van der Waals surface area contributed by atoms with Crippen molar-refractivity contribution in [1.82, 2.24) is 9.55 Å². The second-order valence-corrected chi connectivity index (χ2v) is 4.70. The molecule has 0 bridgehead atoms. The summed E-state index contributed by atoms with van der Waals surface area (Å²) in [6.07, 6.45) is 0. The highest BCUT2D eigenvalue weighted by atomic mass is 35.5. The second kappa shape index (κ2) is 4.55. The van der Waals surface area contributed by atoms with E-state index in [0.29, 0.717) is 12.5 Å². The summed E-state index contributed by atoms with van der Waals surface area (Å²) in [4.78, 5) is 4.28. The Morgan fingerprint density at radius 2 is 2.00 bits per heavy atom. The topological polar surface area (TPSA) is 43.8 Å². The van der Waals surface area contributed by atoms with Crippen molar-refractivity contribution in [3.05, 3.63) is 58.9 Å². The number of hydrogen-bond donors (Lipinski definition) is 1. The van der Waals surface area contributed by atoms with E-state index in [1.54, 1.807) is 12.1 Å². The highest BCUT2D eigenvalue weighted by Gasteiger charge is 2.09. The van der Waals surface area contributed by atoms with Gasteiger partial charge in [0.15, 0.2) is 0 Å². The number of fused-ring (bicyclic) bond motifs is 1. The van der Waals surface area contributed by atoms with E-state index >= 15 is 0 Å². The first-order valence-corrected chi connectivity index (χ1v) is 6.17. The van der Waals surface area contributed by atoms with Gasteiger partial charge in [0, 0.05) is 0 Å². The number of halogens is 2. The smallest absolute Gasteiger partial charge is 0.201 e. The van der Waals surface area contributed by atoms with Crippen LogP contribution in [0, 0.1) is 5.82 Å². The van der Waals surface area contributed by atoms with Crippen LogP contribution in [0.4, 0.5) is 10.3 Å². The van der Waals surface area contributed by atoms with E-state index in [4.69, 9.17) is 17.3 Å². The Balaban J connectivity index is 2.05. The number of hydrogen-bond acceptors (Lipinski definition) is 2. The zero-order valence-corrected chi connectivity index (χ0v) is 10.7. The molecule has 0 aliphatic carbocycles. The van der Waals surface area contributed by atoms with Crippen molar-refractivity contribution in [2.24, 2.45) is 0 Å². The van der Waals surface area contributed by atoms with Crippen LogP contribution >= 0.6 is 11.6 Å². The van der Waals surface area contributed by atoms with Gasteiger partial charge in [0.2, 0.25) is 5.95 Å². The third-order valence-electron chi connectivity index (χ3n) is 3.01. The minimum absolute atomic E-state index is 0.112. The van der Waals surface area contributed by atoms with Crippen molar-refractivity contribution in [3.8, 4) is 0 Å². The molecule has 0 saturated carbocycles. The molecule has 5 heteroatoms. The van der Waals surface area contributed by atoms with Crippen LogP contribution in [0.1, 0.15) is 5.56 Å². The van der Waals surface area contributed by atoms with Crippen molar-refractivity contribution in [1.29, 1.82) is 0 Å². The SMILES string of the molecule is Nc1nc2ccccc2n1Cc1ccc(F)c(Cl)c1. The molecule has 0 spiro atoms. The van der Waals surface area contributed by atoms with Gasteiger partial charge < -0.3 is 10.3 Å². The van der Waals surface area contributed by atoms with Crippen LogP contribution in [0.5, 0.6) is 0 Å². The van der Waals surface area contributed by atoms with Gasteiger partial charge in [-0.3, -0.25) is 0 Å². The molecule has 1 aromatic heterocycles. The predicted octanol–water partition coefficient (Wildman–Crippen LogP) is 3.46. The number of aromatic nitrogens is 2. The number of benzene rings is 2. The fraction of sp³-hybridized carbons (Fsp3) is 0.0714. The third-order valence-corrected chi connectivity index (χ3v) is 3.30. The lowest BCUT2D eigenvalue weighted by Crippen LogP contribution is -2.04. The van der Waals surface area contributed by atoms with Gasteiger partial charge in [0.05, 0.1) is 22.6 Å². The van der Waals surface area contributed by atoms with Gasteiger partial charge in [-0.05, 0) is 29.8 Å². The van der Waals surface area contributed by atoms with Crippen LogP contribution in [0.2, 0.25) is 5.02 Å². The number of rotatable bonds is 2. The average molecular weight is 276 g/mol. The number of nitrogen functional groups attached to an aromatic ring is 1. The minimum Gasteiger partial charge on any atom is -0.369 e. The van der Waals surface area contributed by atoms with Crippen molar-refractivity contribution >= 4 is 28.6 Å². The number of para-hydroxylation sites is 2. The molecule has 19 heavy (non-hydrogen) atoms. The van der Waals surface area contributed by atoms with Crippen LogP contribution in [-0.2, 0) is 6.54 Å². The molecule has 1 heterocycles.